The molecular formula is C22H23N5O4. The Hall–Kier alpha value is -3.72. The van der Waals surface area contributed by atoms with Gasteiger partial charge in [-0.2, -0.15) is 0 Å². The Labute approximate surface area is 178 Å². The van der Waals surface area contributed by atoms with E-state index in [-0.39, 0.29) is 24.0 Å². The Morgan fingerprint density at radius 2 is 1.84 bits per heavy atom. The number of fused-ring (bicyclic) bond motifs is 1. The lowest BCUT2D eigenvalue weighted by atomic mass is 10.2. The summed E-state index contributed by atoms with van der Waals surface area (Å²) in [6.07, 6.45) is 0. The fourth-order valence-electron chi connectivity index (χ4n) is 3.76. The maximum absolute atomic E-state index is 12.8. The average molecular weight is 421 g/mol. The van der Waals surface area contributed by atoms with Crippen molar-refractivity contribution in [3.63, 3.8) is 0 Å². The molecule has 2 N–H and O–H groups in total. The molecule has 2 amide bonds. The summed E-state index contributed by atoms with van der Waals surface area (Å²) in [7, 11) is 0. The number of H-pyrrole nitrogens is 1. The number of hydrogen-bond acceptors (Lipinski definition) is 5. The highest BCUT2D eigenvalue weighted by Crippen LogP contribution is 2.22. The van der Waals surface area contributed by atoms with Crippen LogP contribution in [0.4, 0.5) is 11.4 Å². The summed E-state index contributed by atoms with van der Waals surface area (Å²) in [5, 5.41) is 14.8. The van der Waals surface area contributed by atoms with Crippen LogP contribution in [-0.2, 0) is 4.79 Å². The standard InChI is InChI=1S/C22H23N5O4/c1-15-6-7-17(13-20(15)27(30)31)23-21(28)14-25-8-10-26(11-9-25)22(29)19-12-16-4-2-3-5-18(16)24-19/h2-7,12-13,24H,8-11,14H2,1H3,(H,23,28). The number of aromatic nitrogens is 1. The van der Waals surface area contributed by atoms with Crippen molar-refractivity contribution in [2.75, 3.05) is 38.0 Å². The molecule has 31 heavy (non-hydrogen) atoms. The van der Waals surface area contributed by atoms with Crippen LogP contribution in [0, 0.1) is 17.0 Å². The second-order valence-electron chi connectivity index (χ2n) is 7.65. The van der Waals surface area contributed by atoms with Crippen molar-refractivity contribution in [3.8, 4) is 0 Å². The molecular weight excluding hydrogens is 398 g/mol. The Bertz CT molecular complexity index is 1110. The predicted molar refractivity (Wildman–Crippen MR) is 117 cm³/mol. The molecule has 1 aromatic heterocycles. The first kappa shape index (κ1) is 20.5. The predicted octanol–water partition coefficient (Wildman–Crippen LogP) is 2.78. The van der Waals surface area contributed by atoms with Gasteiger partial charge in [-0.15, -0.1) is 0 Å². The van der Waals surface area contributed by atoms with Crippen molar-refractivity contribution in [3.05, 3.63) is 69.9 Å². The largest absolute Gasteiger partial charge is 0.351 e. The van der Waals surface area contributed by atoms with E-state index in [4.69, 9.17) is 0 Å². The van der Waals surface area contributed by atoms with Gasteiger partial charge in [0.15, 0.2) is 0 Å². The van der Waals surface area contributed by atoms with E-state index in [1.54, 1.807) is 24.0 Å². The number of nitrogens with zero attached hydrogens (tertiary/aromatic N) is 3. The lowest BCUT2D eigenvalue weighted by Crippen LogP contribution is -2.50. The second kappa shape index (κ2) is 8.57. The van der Waals surface area contributed by atoms with E-state index in [9.17, 15) is 19.7 Å². The van der Waals surface area contributed by atoms with Crippen molar-refractivity contribution in [1.82, 2.24) is 14.8 Å². The maximum Gasteiger partial charge on any atom is 0.274 e. The van der Waals surface area contributed by atoms with Crippen LogP contribution in [-0.4, -0.2) is 64.2 Å². The molecule has 2 heterocycles. The van der Waals surface area contributed by atoms with Gasteiger partial charge in [-0.05, 0) is 25.1 Å². The van der Waals surface area contributed by atoms with Crippen LogP contribution in [0.1, 0.15) is 16.1 Å². The summed E-state index contributed by atoms with van der Waals surface area (Å²) < 4.78 is 0. The number of aryl methyl sites for hydroxylation is 1. The van der Waals surface area contributed by atoms with E-state index in [1.165, 1.54) is 6.07 Å². The van der Waals surface area contributed by atoms with E-state index in [1.807, 2.05) is 35.2 Å². The minimum Gasteiger partial charge on any atom is -0.351 e. The fraction of sp³-hybridized carbons (Fsp3) is 0.273. The minimum absolute atomic E-state index is 0.0260. The van der Waals surface area contributed by atoms with Crippen LogP contribution in [0.2, 0.25) is 0 Å². The maximum atomic E-state index is 12.8. The number of piperazine rings is 1. The molecule has 0 spiro atoms. The zero-order chi connectivity index (χ0) is 22.0. The fourth-order valence-corrected chi connectivity index (χ4v) is 3.76. The van der Waals surface area contributed by atoms with Crippen molar-refractivity contribution in [2.45, 2.75) is 6.92 Å². The molecule has 9 heteroatoms. The van der Waals surface area contributed by atoms with Gasteiger partial charge in [0.25, 0.3) is 11.6 Å². The topological polar surface area (TPSA) is 112 Å². The third-order valence-corrected chi connectivity index (χ3v) is 5.48. The van der Waals surface area contributed by atoms with Crippen molar-refractivity contribution >= 4 is 34.1 Å². The van der Waals surface area contributed by atoms with Crippen LogP contribution in [0.5, 0.6) is 0 Å². The van der Waals surface area contributed by atoms with Gasteiger partial charge in [0.2, 0.25) is 5.91 Å². The summed E-state index contributed by atoms with van der Waals surface area (Å²) in [5.41, 5.74) is 2.40. The van der Waals surface area contributed by atoms with Crippen LogP contribution in [0.25, 0.3) is 10.9 Å². The molecule has 1 saturated heterocycles. The molecule has 0 aliphatic carbocycles. The molecule has 9 nitrogen and oxygen atoms in total. The quantitative estimate of drug-likeness (QED) is 0.486. The number of nitrogens with one attached hydrogen (secondary N) is 2. The van der Waals surface area contributed by atoms with E-state index in [0.717, 1.165) is 10.9 Å². The molecule has 160 valence electrons. The van der Waals surface area contributed by atoms with Crippen LogP contribution in [0.3, 0.4) is 0 Å². The van der Waals surface area contributed by atoms with Crippen molar-refractivity contribution in [1.29, 1.82) is 0 Å². The first-order valence-electron chi connectivity index (χ1n) is 10.0. The van der Waals surface area contributed by atoms with Gasteiger partial charge in [-0.3, -0.25) is 24.6 Å². The summed E-state index contributed by atoms with van der Waals surface area (Å²) in [6, 6.07) is 14.2. The summed E-state index contributed by atoms with van der Waals surface area (Å²) in [6.45, 7) is 4.02. The van der Waals surface area contributed by atoms with Gasteiger partial charge in [0.05, 0.1) is 11.5 Å². The molecule has 1 aliphatic heterocycles. The van der Waals surface area contributed by atoms with Crippen molar-refractivity contribution < 1.29 is 14.5 Å². The molecule has 0 bridgehead atoms. The summed E-state index contributed by atoms with van der Waals surface area (Å²) in [5.74, 6) is -0.291. The number of carbonyl (C=O) groups excluding carboxylic acids is 2. The molecule has 3 aromatic rings. The van der Waals surface area contributed by atoms with Gasteiger partial charge in [0, 0.05) is 54.4 Å². The zero-order valence-corrected chi connectivity index (χ0v) is 17.1. The van der Waals surface area contributed by atoms with Gasteiger partial charge in [0.1, 0.15) is 5.69 Å². The molecule has 0 unspecified atom stereocenters. The van der Waals surface area contributed by atoms with Gasteiger partial charge in [-0.25, -0.2) is 0 Å². The monoisotopic (exact) mass is 421 g/mol. The van der Waals surface area contributed by atoms with E-state index >= 15 is 0 Å². The van der Waals surface area contributed by atoms with E-state index in [0.29, 0.717) is 43.1 Å². The number of nitro benzene ring substituents is 1. The first-order valence-corrected chi connectivity index (χ1v) is 10.0. The number of benzene rings is 2. The van der Waals surface area contributed by atoms with Crippen LogP contribution >= 0.6 is 0 Å². The highest BCUT2D eigenvalue weighted by atomic mass is 16.6. The van der Waals surface area contributed by atoms with Crippen LogP contribution in [0.15, 0.2) is 48.5 Å². The number of hydrogen-bond donors (Lipinski definition) is 2. The van der Waals surface area contributed by atoms with E-state index < -0.39 is 4.92 Å². The van der Waals surface area contributed by atoms with E-state index in [2.05, 4.69) is 10.3 Å². The normalized spacial score (nSPS) is 14.5. The lowest BCUT2D eigenvalue weighted by molar-refractivity contribution is -0.385. The number of carbonyl (C=O) groups is 2. The lowest BCUT2D eigenvalue weighted by Gasteiger charge is -2.34. The number of anilines is 1. The number of amides is 2. The molecule has 2 aromatic carbocycles. The Kier molecular flexibility index (Phi) is 5.68. The minimum atomic E-state index is -0.464. The molecule has 0 atom stereocenters. The van der Waals surface area contributed by atoms with Gasteiger partial charge in [-0.1, -0.05) is 24.3 Å². The molecule has 0 radical (unpaired) electrons. The molecule has 0 saturated carbocycles. The molecule has 4 rings (SSSR count). The molecule has 1 fully saturated rings. The van der Waals surface area contributed by atoms with Gasteiger partial charge >= 0.3 is 0 Å². The second-order valence-corrected chi connectivity index (χ2v) is 7.65. The summed E-state index contributed by atoms with van der Waals surface area (Å²) >= 11 is 0. The third-order valence-electron chi connectivity index (χ3n) is 5.48. The molecule has 1 aliphatic rings. The summed E-state index contributed by atoms with van der Waals surface area (Å²) in [4.78, 5) is 42.7. The highest BCUT2D eigenvalue weighted by molar-refractivity contribution is 5.98. The first-order chi connectivity index (χ1) is 14.9. The Morgan fingerprint density at radius 1 is 1.10 bits per heavy atom. The Morgan fingerprint density at radius 3 is 2.55 bits per heavy atom. The smallest absolute Gasteiger partial charge is 0.274 e. The van der Waals surface area contributed by atoms with Crippen LogP contribution < -0.4 is 5.32 Å². The highest BCUT2D eigenvalue weighted by Gasteiger charge is 2.24. The zero-order valence-electron chi connectivity index (χ0n) is 17.1. The average Bonchev–Trinajstić information content (AvgIpc) is 3.19. The Balaban J connectivity index is 1.30. The third kappa shape index (κ3) is 4.56. The number of para-hydroxylation sites is 1. The van der Waals surface area contributed by atoms with Gasteiger partial charge < -0.3 is 15.2 Å². The number of rotatable bonds is 5. The van der Waals surface area contributed by atoms with Crippen molar-refractivity contribution in [2.24, 2.45) is 0 Å². The number of aromatic amines is 1. The SMILES string of the molecule is Cc1ccc(NC(=O)CN2CCN(C(=O)c3cc4ccccc4[nH]3)CC2)cc1[N+](=O)[O-]. The number of nitro groups is 1.